The highest BCUT2D eigenvalue weighted by Gasteiger charge is 2.29. The summed E-state index contributed by atoms with van der Waals surface area (Å²) in [5.74, 6) is 1.39. The molecule has 0 aromatic heterocycles. The van der Waals surface area contributed by atoms with E-state index >= 15 is 0 Å². The first kappa shape index (κ1) is 13.1. The highest BCUT2D eigenvalue weighted by atomic mass is 16.7. The summed E-state index contributed by atoms with van der Waals surface area (Å²) in [6.07, 6.45) is 1.23. The van der Waals surface area contributed by atoms with E-state index in [0.717, 1.165) is 32.8 Å². The molecule has 3 rings (SSSR count). The number of benzene rings is 1. The van der Waals surface area contributed by atoms with Crippen LogP contribution in [0.3, 0.4) is 0 Å². The maximum absolute atomic E-state index is 5.54. The van der Waals surface area contributed by atoms with E-state index in [1.807, 2.05) is 0 Å². The Labute approximate surface area is 115 Å². The SMILES string of the molecule is C[C@H]1CN(CC2OCCO2)CC[C@@H]1c1ccccc1. The Kier molecular flexibility index (Phi) is 4.16. The lowest BCUT2D eigenvalue weighted by Crippen LogP contribution is -2.42. The number of nitrogens with zero attached hydrogens (tertiary/aromatic N) is 1. The molecule has 1 aromatic rings. The molecule has 0 aliphatic carbocycles. The number of rotatable bonds is 3. The van der Waals surface area contributed by atoms with E-state index in [4.69, 9.17) is 9.47 Å². The van der Waals surface area contributed by atoms with Crippen LogP contribution in [0.15, 0.2) is 30.3 Å². The Hall–Kier alpha value is -0.900. The molecule has 104 valence electrons. The molecule has 0 amide bonds. The minimum atomic E-state index is 0.000440. The van der Waals surface area contributed by atoms with Gasteiger partial charge in [0.2, 0.25) is 0 Å². The highest BCUT2D eigenvalue weighted by molar-refractivity contribution is 5.20. The summed E-state index contributed by atoms with van der Waals surface area (Å²) in [6, 6.07) is 10.9. The molecule has 0 spiro atoms. The van der Waals surface area contributed by atoms with Crippen molar-refractivity contribution in [2.75, 3.05) is 32.8 Å². The maximum Gasteiger partial charge on any atom is 0.170 e. The van der Waals surface area contributed by atoms with E-state index in [2.05, 4.69) is 42.2 Å². The summed E-state index contributed by atoms with van der Waals surface area (Å²) >= 11 is 0. The first-order chi connectivity index (χ1) is 9.33. The fourth-order valence-corrected chi connectivity index (χ4v) is 3.32. The Morgan fingerprint density at radius 2 is 1.89 bits per heavy atom. The Morgan fingerprint density at radius 3 is 2.58 bits per heavy atom. The van der Waals surface area contributed by atoms with Crippen molar-refractivity contribution in [3.05, 3.63) is 35.9 Å². The summed E-state index contributed by atoms with van der Waals surface area (Å²) in [4.78, 5) is 2.49. The molecule has 2 aliphatic heterocycles. The van der Waals surface area contributed by atoms with Gasteiger partial charge in [0, 0.05) is 13.1 Å². The minimum Gasteiger partial charge on any atom is -0.349 e. The predicted molar refractivity (Wildman–Crippen MR) is 75.1 cm³/mol. The molecule has 3 heteroatoms. The van der Waals surface area contributed by atoms with E-state index in [9.17, 15) is 0 Å². The molecule has 2 saturated heterocycles. The molecule has 2 atom stereocenters. The summed E-state index contributed by atoms with van der Waals surface area (Å²) in [5.41, 5.74) is 1.49. The lowest BCUT2D eigenvalue weighted by Gasteiger charge is -2.37. The summed E-state index contributed by atoms with van der Waals surface area (Å²) in [5, 5.41) is 0. The van der Waals surface area contributed by atoms with Crippen molar-refractivity contribution in [3.8, 4) is 0 Å². The van der Waals surface area contributed by atoms with Crippen molar-refractivity contribution in [3.63, 3.8) is 0 Å². The fraction of sp³-hybridized carbons (Fsp3) is 0.625. The maximum atomic E-state index is 5.54. The van der Waals surface area contributed by atoms with Crippen LogP contribution < -0.4 is 0 Å². The van der Waals surface area contributed by atoms with Gasteiger partial charge in [-0.1, -0.05) is 37.3 Å². The standard InChI is InChI=1S/C16H23NO2/c1-13-11-17(12-16-18-9-10-19-16)8-7-15(13)14-5-3-2-4-6-14/h2-6,13,15-16H,7-12H2,1H3/t13-,15-/m0/s1. The second kappa shape index (κ2) is 6.04. The Bertz CT molecular complexity index is 389. The van der Waals surface area contributed by atoms with Crippen LogP contribution >= 0.6 is 0 Å². The predicted octanol–water partition coefficient (Wildman–Crippen LogP) is 2.48. The first-order valence-corrected chi connectivity index (χ1v) is 7.33. The van der Waals surface area contributed by atoms with Crippen LogP contribution in [0.4, 0.5) is 0 Å². The van der Waals surface area contributed by atoms with Crippen molar-refractivity contribution in [2.45, 2.75) is 25.6 Å². The summed E-state index contributed by atoms with van der Waals surface area (Å²) in [7, 11) is 0. The average molecular weight is 261 g/mol. The zero-order valence-electron chi connectivity index (χ0n) is 11.6. The van der Waals surface area contributed by atoms with Gasteiger partial charge in [-0.2, -0.15) is 0 Å². The zero-order valence-corrected chi connectivity index (χ0v) is 11.6. The number of hydrogen-bond acceptors (Lipinski definition) is 3. The lowest BCUT2D eigenvalue weighted by atomic mass is 9.81. The van der Waals surface area contributed by atoms with Crippen molar-refractivity contribution in [1.29, 1.82) is 0 Å². The minimum absolute atomic E-state index is 0.000440. The smallest absolute Gasteiger partial charge is 0.170 e. The number of piperidine rings is 1. The second-order valence-corrected chi connectivity index (χ2v) is 5.71. The molecular formula is C16H23NO2. The van der Waals surface area contributed by atoms with Gasteiger partial charge in [0.25, 0.3) is 0 Å². The lowest BCUT2D eigenvalue weighted by molar-refractivity contribution is -0.0677. The van der Waals surface area contributed by atoms with Gasteiger partial charge in [-0.05, 0) is 30.4 Å². The van der Waals surface area contributed by atoms with Crippen LogP contribution in [0.5, 0.6) is 0 Å². The Morgan fingerprint density at radius 1 is 1.16 bits per heavy atom. The van der Waals surface area contributed by atoms with Gasteiger partial charge < -0.3 is 9.47 Å². The molecule has 0 N–H and O–H groups in total. The zero-order chi connectivity index (χ0) is 13.1. The van der Waals surface area contributed by atoms with Gasteiger partial charge in [0.1, 0.15) is 0 Å². The monoisotopic (exact) mass is 261 g/mol. The van der Waals surface area contributed by atoms with Crippen molar-refractivity contribution >= 4 is 0 Å². The van der Waals surface area contributed by atoms with Crippen LogP contribution in [-0.2, 0) is 9.47 Å². The molecule has 19 heavy (non-hydrogen) atoms. The number of likely N-dealkylation sites (tertiary alicyclic amines) is 1. The fourth-order valence-electron chi connectivity index (χ4n) is 3.32. The number of hydrogen-bond donors (Lipinski definition) is 0. The van der Waals surface area contributed by atoms with Crippen LogP contribution in [0.25, 0.3) is 0 Å². The van der Waals surface area contributed by atoms with Crippen molar-refractivity contribution in [2.24, 2.45) is 5.92 Å². The van der Waals surface area contributed by atoms with Gasteiger partial charge in [-0.25, -0.2) is 0 Å². The van der Waals surface area contributed by atoms with Gasteiger partial charge in [-0.15, -0.1) is 0 Å². The molecule has 0 unspecified atom stereocenters. The average Bonchev–Trinajstić information content (AvgIpc) is 2.93. The summed E-state index contributed by atoms with van der Waals surface area (Å²) < 4.78 is 11.1. The normalized spacial score (nSPS) is 29.7. The van der Waals surface area contributed by atoms with E-state index in [-0.39, 0.29) is 6.29 Å². The molecule has 0 saturated carbocycles. The van der Waals surface area contributed by atoms with Gasteiger partial charge in [0.15, 0.2) is 6.29 Å². The van der Waals surface area contributed by atoms with Crippen LogP contribution in [-0.4, -0.2) is 44.0 Å². The van der Waals surface area contributed by atoms with E-state index < -0.39 is 0 Å². The molecule has 2 aliphatic rings. The second-order valence-electron chi connectivity index (χ2n) is 5.71. The quantitative estimate of drug-likeness (QED) is 0.834. The molecule has 3 nitrogen and oxygen atoms in total. The van der Waals surface area contributed by atoms with Gasteiger partial charge in [-0.3, -0.25) is 4.90 Å². The van der Waals surface area contributed by atoms with Gasteiger partial charge in [0.05, 0.1) is 13.2 Å². The highest BCUT2D eigenvalue weighted by Crippen LogP contribution is 2.32. The third-order valence-electron chi connectivity index (χ3n) is 4.32. The third-order valence-corrected chi connectivity index (χ3v) is 4.32. The molecule has 1 aromatic carbocycles. The Balaban J connectivity index is 1.56. The van der Waals surface area contributed by atoms with E-state index in [1.54, 1.807) is 0 Å². The van der Waals surface area contributed by atoms with E-state index in [0.29, 0.717) is 11.8 Å². The largest absolute Gasteiger partial charge is 0.349 e. The van der Waals surface area contributed by atoms with E-state index in [1.165, 1.54) is 12.0 Å². The molecule has 0 bridgehead atoms. The van der Waals surface area contributed by atoms with Crippen LogP contribution in [0.2, 0.25) is 0 Å². The number of ether oxygens (including phenoxy) is 2. The van der Waals surface area contributed by atoms with Crippen molar-refractivity contribution in [1.82, 2.24) is 4.90 Å². The molecule has 2 fully saturated rings. The topological polar surface area (TPSA) is 21.7 Å². The van der Waals surface area contributed by atoms with Crippen LogP contribution in [0, 0.1) is 5.92 Å². The third kappa shape index (κ3) is 3.16. The molecular weight excluding hydrogens is 238 g/mol. The first-order valence-electron chi connectivity index (χ1n) is 7.33. The van der Waals surface area contributed by atoms with Gasteiger partial charge >= 0.3 is 0 Å². The van der Waals surface area contributed by atoms with Crippen LogP contribution in [0.1, 0.15) is 24.8 Å². The summed E-state index contributed by atoms with van der Waals surface area (Å²) in [6.45, 7) is 7.07. The van der Waals surface area contributed by atoms with Crippen molar-refractivity contribution < 1.29 is 9.47 Å². The molecule has 0 radical (unpaired) electrons. The molecule has 2 heterocycles.